The van der Waals surface area contributed by atoms with E-state index < -0.39 is 40.5 Å². The van der Waals surface area contributed by atoms with Gasteiger partial charge in [0.15, 0.2) is 0 Å². The third-order valence-corrected chi connectivity index (χ3v) is 9.12. The van der Waals surface area contributed by atoms with Crippen LogP contribution in [-0.2, 0) is 30.8 Å². The highest BCUT2D eigenvalue weighted by atomic mass is 35.5. The van der Waals surface area contributed by atoms with Gasteiger partial charge < -0.3 is 15.5 Å². The molecular formula is C28H31ClN4O5S. The molecule has 3 amide bonds. The Hall–Kier alpha value is -3.47. The number of benzene rings is 3. The maximum absolute atomic E-state index is 13.7. The number of carbonyl (C=O) groups excluding carboxylic acids is 3. The summed E-state index contributed by atoms with van der Waals surface area (Å²) in [6, 6.07) is 17.3. The van der Waals surface area contributed by atoms with E-state index >= 15 is 0 Å². The Bertz CT molecular complexity index is 1500. The number of nitrogens with zero attached hydrogens (tertiary/aromatic N) is 3. The Morgan fingerprint density at radius 3 is 2.44 bits per heavy atom. The van der Waals surface area contributed by atoms with Crippen LogP contribution >= 0.6 is 11.6 Å². The van der Waals surface area contributed by atoms with Gasteiger partial charge in [-0.2, -0.15) is 4.31 Å². The molecule has 11 heteroatoms. The molecule has 3 aromatic rings. The van der Waals surface area contributed by atoms with Crippen LogP contribution < -0.4 is 5.73 Å². The van der Waals surface area contributed by atoms with E-state index in [4.69, 9.17) is 17.3 Å². The highest BCUT2D eigenvalue weighted by Crippen LogP contribution is 2.29. The molecule has 2 N–H and O–H groups in total. The predicted molar refractivity (Wildman–Crippen MR) is 149 cm³/mol. The zero-order valence-corrected chi connectivity index (χ0v) is 23.4. The van der Waals surface area contributed by atoms with Crippen molar-refractivity contribution in [2.75, 3.05) is 26.7 Å². The first-order valence-electron chi connectivity index (χ1n) is 12.6. The first-order chi connectivity index (χ1) is 18.5. The van der Waals surface area contributed by atoms with Crippen LogP contribution in [0.2, 0.25) is 5.02 Å². The van der Waals surface area contributed by atoms with Crippen molar-refractivity contribution in [3.63, 3.8) is 0 Å². The molecule has 0 unspecified atom stereocenters. The third-order valence-electron chi connectivity index (χ3n) is 7.03. The average Bonchev–Trinajstić information content (AvgIpc) is 3.30. The number of amides is 3. The molecule has 9 nitrogen and oxygen atoms in total. The molecule has 1 aliphatic rings. The SMILES string of the molecule is C[C@@H](C(=O)N(C)CCc1ccccc1)N1CC[C@H](N(CC(N)=O)S(=O)(=O)c2ccc3cc(Cl)ccc3c2)C1=O. The standard InChI is InChI=1S/C28H31ClN4O5S/c1-19(27(35)31(2)14-12-20-6-4-3-5-7-20)32-15-13-25(28(32)36)33(18-26(30)34)39(37,38)24-11-9-21-16-23(29)10-8-22(21)17-24/h3-11,16-17,19,25H,12-15,18H2,1-2H3,(H2,30,34)/t19-,25-/m0/s1. The second kappa shape index (κ2) is 11.7. The van der Waals surface area contributed by atoms with E-state index in [9.17, 15) is 22.8 Å². The molecule has 39 heavy (non-hydrogen) atoms. The van der Waals surface area contributed by atoms with Crippen LogP contribution in [0.1, 0.15) is 18.9 Å². The van der Waals surface area contributed by atoms with E-state index in [-0.39, 0.29) is 23.8 Å². The number of primary amides is 1. The number of carbonyl (C=O) groups is 3. The summed E-state index contributed by atoms with van der Waals surface area (Å²) in [6.45, 7) is 1.60. The molecule has 206 valence electrons. The van der Waals surface area contributed by atoms with E-state index in [1.54, 1.807) is 43.1 Å². The Morgan fingerprint density at radius 2 is 1.74 bits per heavy atom. The summed E-state index contributed by atoms with van der Waals surface area (Å²) in [5.41, 5.74) is 6.50. The van der Waals surface area contributed by atoms with Crippen LogP contribution in [0, 0.1) is 0 Å². The van der Waals surface area contributed by atoms with Gasteiger partial charge in [0.05, 0.1) is 11.4 Å². The molecule has 0 aromatic heterocycles. The van der Waals surface area contributed by atoms with Gasteiger partial charge in [-0.15, -0.1) is 0 Å². The van der Waals surface area contributed by atoms with Gasteiger partial charge in [-0.3, -0.25) is 14.4 Å². The van der Waals surface area contributed by atoms with Crippen molar-refractivity contribution in [3.05, 3.63) is 77.3 Å². The van der Waals surface area contributed by atoms with Crippen molar-refractivity contribution in [2.45, 2.75) is 36.7 Å². The summed E-state index contributed by atoms with van der Waals surface area (Å²) >= 11 is 6.04. The van der Waals surface area contributed by atoms with Crippen LogP contribution in [0.3, 0.4) is 0 Å². The lowest BCUT2D eigenvalue weighted by atomic mass is 10.1. The fourth-order valence-corrected chi connectivity index (χ4v) is 6.64. The van der Waals surface area contributed by atoms with E-state index in [1.165, 1.54) is 17.0 Å². The summed E-state index contributed by atoms with van der Waals surface area (Å²) in [5.74, 6) is -1.68. The maximum Gasteiger partial charge on any atom is 0.244 e. The molecule has 1 fully saturated rings. The normalized spacial score (nSPS) is 16.6. The second-order valence-corrected chi connectivity index (χ2v) is 12.0. The van der Waals surface area contributed by atoms with E-state index in [0.717, 1.165) is 15.3 Å². The molecule has 0 saturated carbocycles. The Labute approximate surface area is 233 Å². The number of nitrogens with two attached hydrogens (primary N) is 1. The van der Waals surface area contributed by atoms with Crippen LogP contribution in [-0.4, -0.2) is 79.0 Å². The molecule has 1 heterocycles. The number of hydrogen-bond acceptors (Lipinski definition) is 5. The van der Waals surface area contributed by atoms with Gasteiger partial charge in [0.2, 0.25) is 27.7 Å². The maximum atomic E-state index is 13.7. The first kappa shape index (κ1) is 28.5. The Balaban J connectivity index is 1.52. The minimum absolute atomic E-state index is 0.0745. The van der Waals surface area contributed by atoms with Gasteiger partial charge >= 0.3 is 0 Å². The largest absolute Gasteiger partial charge is 0.369 e. The lowest BCUT2D eigenvalue weighted by Gasteiger charge is -2.30. The van der Waals surface area contributed by atoms with Crippen molar-refractivity contribution in [1.29, 1.82) is 0 Å². The molecule has 0 radical (unpaired) electrons. The quantitative estimate of drug-likeness (QED) is 0.402. The molecule has 1 saturated heterocycles. The molecule has 1 aliphatic heterocycles. The molecule has 0 spiro atoms. The molecular weight excluding hydrogens is 540 g/mol. The molecule has 2 atom stereocenters. The van der Waals surface area contributed by atoms with Crippen molar-refractivity contribution < 1.29 is 22.8 Å². The average molecular weight is 571 g/mol. The van der Waals surface area contributed by atoms with Gasteiger partial charge in [-0.1, -0.05) is 54.1 Å². The monoisotopic (exact) mass is 570 g/mol. The second-order valence-electron chi connectivity index (χ2n) is 9.68. The molecule has 0 aliphatic carbocycles. The van der Waals surface area contributed by atoms with Crippen LogP contribution in [0.5, 0.6) is 0 Å². The van der Waals surface area contributed by atoms with Crippen LogP contribution in [0.15, 0.2) is 71.6 Å². The Morgan fingerprint density at radius 1 is 1.08 bits per heavy atom. The summed E-state index contributed by atoms with van der Waals surface area (Å²) in [7, 11) is -2.61. The topological polar surface area (TPSA) is 121 Å². The minimum atomic E-state index is -4.28. The number of halogens is 1. The third kappa shape index (κ3) is 6.24. The van der Waals surface area contributed by atoms with Crippen molar-refractivity contribution >= 4 is 50.1 Å². The lowest BCUT2D eigenvalue weighted by Crippen LogP contribution is -2.52. The number of hydrogen-bond donors (Lipinski definition) is 1. The lowest BCUT2D eigenvalue weighted by molar-refractivity contribution is -0.143. The van der Waals surface area contributed by atoms with Crippen molar-refractivity contribution in [2.24, 2.45) is 5.73 Å². The number of likely N-dealkylation sites (N-methyl/N-ethyl adjacent to an activating group) is 1. The number of rotatable bonds is 10. The van der Waals surface area contributed by atoms with Crippen molar-refractivity contribution in [1.82, 2.24) is 14.1 Å². The fraction of sp³-hybridized carbons (Fsp3) is 0.321. The molecule has 4 rings (SSSR count). The summed E-state index contributed by atoms with van der Waals surface area (Å²) in [4.78, 5) is 41.4. The van der Waals surface area contributed by atoms with E-state index in [1.807, 2.05) is 30.3 Å². The van der Waals surface area contributed by atoms with Gasteiger partial charge in [0, 0.05) is 25.2 Å². The van der Waals surface area contributed by atoms with Crippen LogP contribution in [0.4, 0.5) is 0 Å². The predicted octanol–water partition coefficient (Wildman–Crippen LogP) is 2.66. The Kier molecular flexibility index (Phi) is 8.58. The van der Waals surface area contributed by atoms with Gasteiger partial charge in [0.25, 0.3) is 0 Å². The number of sulfonamides is 1. The minimum Gasteiger partial charge on any atom is -0.369 e. The number of likely N-dealkylation sites (tertiary alicyclic amines) is 1. The summed E-state index contributed by atoms with van der Waals surface area (Å²) in [6.07, 6.45) is 0.787. The van der Waals surface area contributed by atoms with E-state index in [0.29, 0.717) is 23.4 Å². The van der Waals surface area contributed by atoms with Gasteiger partial charge in [0.1, 0.15) is 12.1 Å². The van der Waals surface area contributed by atoms with E-state index in [2.05, 4.69) is 0 Å². The smallest absolute Gasteiger partial charge is 0.244 e. The summed E-state index contributed by atoms with van der Waals surface area (Å²) in [5, 5.41) is 1.89. The zero-order chi connectivity index (χ0) is 28.3. The molecule has 0 bridgehead atoms. The molecule has 3 aromatic carbocycles. The van der Waals surface area contributed by atoms with Gasteiger partial charge in [-0.05, 0) is 60.4 Å². The van der Waals surface area contributed by atoms with Gasteiger partial charge in [-0.25, -0.2) is 8.42 Å². The highest BCUT2D eigenvalue weighted by Gasteiger charge is 2.45. The number of fused-ring (bicyclic) bond motifs is 1. The van der Waals surface area contributed by atoms with Crippen molar-refractivity contribution in [3.8, 4) is 0 Å². The summed E-state index contributed by atoms with van der Waals surface area (Å²) < 4.78 is 28.2. The first-order valence-corrected chi connectivity index (χ1v) is 14.4. The highest BCUT2D eigenvalue weighted by molar-refractivity contribution is 7.89. The fourth-order valence-electron chi connectivity index (χ4n) is 4.85. The zero-order valence-electron chi connectivity index (χ0n) is 21.8. The van der Waals surface area contributed by atoms with Crippen LogP contribution in [0.25, 0.3) is 10.8 Å².